The molecule has 0 radical (unpaired) electrons. The van der Waals surface area contributed by atoms with Gasteiger partial charge in [-0.3, -0.25) is 0 Å². The first-order valence-electron chi connectivity index (χ1n) is 2.72. The van der Waals surface area contributed by atoms with Gasteiger partial charge in [0, 0.05) is 12.7 Å². The first kappa shape index (κ1) is 7.28. The summed E-state index contributed by atoms with van der Waals surface area (Å²) in [7, 11) is 1.87. The molecule has 46 valence electrons. The Balaban J connectivity index is 3.83. The molecule has 0 aliphatic rings. The molecular weight excluding hydrogens is 98.1 g/mol. The predicted octanol–water partition coefficient (Wildman–Crippen LogP) is 1.69. The van der Waals surface area contributed by atoms with Crippen LogP contribution in [0.1, 0.15) is 13.8 Å². The van der Waals surface area contributed by atoms with Crippen molar-refractivity contribution < 1.29 is 0 Å². The zero-order chi connectivity index (χ0) is 6.57. The Kier molecular flexibility index (Phi) is 3.01. The van der Waals surface area contributed by atoms with Crippen molar-refractivity contribution >= 4 is 0 Å². The van der Waals surface area contributed by atoms with Gasteiger partial charge in [0.2, 0.25) is 0 Å². The predicted molar refractivity (Wildman–Crippen MR) is 37.6 cm³/mol. The second-order valence-electron chi connectivity index (χ2n) is 1.70. The minimum atomic E-state index is 0.993. The number of nitrogens with one attached hydrogen (secondary N) is 1. The van der Waals surface area contributed by atoms with Gasteiger partial charge in [0.05, 0.1) is 0 Å². The molecule has 0 aliphatic carbocycles. The minimum Gasteiger partial charge on any atom is -0.388 e. The van der Waals surface area contributed by atoms with Gasteiger partial charge in [0.15, 0.2) is 0 Å². The normalized spacial score (nSPS) is 11.1. The summed E-state index contributed by atoms with van der Waals surface area (Å²) in [4.78, 5) is 0. The first-order chi connectivity index (χ1) is 3.72. The Morgan fingerprint density at radius 3 is 2.25 bits per heavy atom. The fourth-order valence-electron chi connectivity index (χ4n) is 0.371. The van der Waals surface area contributed by atoms with Crippen molar-refractivity contribution in [1.82, 2.24) is 5.32 Å². The molecule has 0 aromatic carbocycles. The van der Waals surface area contributed by atoms with Gasteiger partial charge in [0.1, 0.15) is 0 Å². The molecule has 0 amide bonds. The Bertz CT molecular complexity index is 112. The number of rotatable bonds is 2. The van der Waals surface area contributed by atoms with Crippen molar-refractivity contribution in [3.63, 3.8) is 0 Å². The van der Waals surface area contributed by atoms with E-state index in [1.807, 2.05) is 27.0 Å². The van der Waals surface area contributed by atoms with E-state index in [1.165, 1.54) is 5.57 Å². The number of likely N-dealkylation sites (N-methyl/N-ethyl adjacent to an activating group) is 1. The smallest absolute Gasteiger partial charge is 0.0290 e. The van der Waals surface area contributed by atoms with Crippen LogP contribution >= 0.6 is 0 Å². The quantitative estimate of drug-likeness (QED) is 0.535. The molecule has 0 bridgehead atoms. The monoisotopic (exact) mass is 111 g/mol. The molecule has 8 heavy (non-hydrogen) atoms. The molecule has 0 unspecified atom stereocenters. The molecule has 1 nitrogen and oxygen atoms in total. The van der Waals surface area contributed by atoms with E-state index in [-0.39, 0.29) is 0 Å². The van der Waals surface area contributed by atoms with E-state index >= 15 is 0 Å². The Hall–Kier alpha value is -0.720. The van der Waals surface area contributed by atoms with E-state index in [4.69, 9.17) is 0 Å². The molecule has 0 aliphatic heterocycles. The highest BCUT2D eigenvalue weighted by Gasteiger charge is 1.86. The molecule has 0 fully saturated rings. The van der Waals surface area contributed by atoms with Crippen molar-refractivity contribution in [1.29, 1.82) is 0 Å². The average molecular weight is 111 g/mol. The lowest BCUT2D eigenvalue weighted by Crippen LogP contribution is -2.04. The van der Waals surface area contributed by atoms with Crippen LogP contribution in [0.15, 0.2) is 23.9 Å². The van der Waals surface area contributed by atoms with Crippen LogP contribution in [0.5, 0.6) is 0 Å². The van der Waals surface area contributed by atoms with Crippen LogP contribution in [-0.4, -0.2) is 7.05 Å². The second kappa shape index (κ2) is 3.30. The molecule has 1 heteroatoms. The van der Waals surface area contributed by atoms with Crippen molar-refractivity contribution in [2.24, 2.45) is 0 Å². The van der Waals surface area contributed by atoms with Gasteiger partial charge in [-0.1, -0.05) is 12.7 Å². The lowest BCUT2D eigenvalue weighted by molar-refractivity contribution is 1.00. The molecule has 0 saturated heterocycles. The topological polar surface area (TPSA) is 12.0 Å². The van der Waals surface area contributed by atoms with Crippen LogP contribution in [0, 0.1) is 0 Å². The van der Waals surface area contributed by atoms with Crippen LogP contribution in [0.2, 0.25) is 0 Å². The van der Waals surface area contributed by atoms with Crippen LogP contribution in [-0.2, 0) is 0 Å². The number of allylic oxidation sites excluding steroid dienone is 2. The van der Waals surface area contributed by atoms with Gasteiger partial charge in [-0.2, -0.15) is 0 Å². The summed E-state index contributed by atoms with van der Waals surface area (Å²) in [5, 5.41) is 2.95. The van der Waals surface area contributed by atoms with Crippen molar-refractivity contribution in [2.75, 3.05) is 7.05 Å². The van der Waals surface area contributed by atoms with Crippen LogP contribution < -0.4 is 5.32 Å². The first-order valence-corrected chi connectivity index (χ1v) is 2.72. The molecule has 0 atom stereocenters. The van der Waals surface area contributed by atoms with E-state index < -0.39 is 0 Å². The fourth-order valence-corrected chi connectivity index (χ4v) is 0.371. The third-order valence-corrected chi connectivity index (χ3v) is 1.21. The third-order valence-electron chi connectivity index (χ3n) is 1.21. The van der Waals surface area contributed by atoms with E-state index in [1.54, 1.807) is 0 Å². The lowest BCUT2D eigenvalue weighted by Gasteiger charge is -2.01. The van der Waals surface area contributed by atoms with E-state index in [0.29, 0.717) is 0 Å². The molecule has 0 spiro atoms. The zero-order valence-electron chi connectivity index (χ0n) is 5.78. The van der Waals surface area contributed by atoms with Crippen LogP contribution in [0.3, 0.4) is 0 Å². The maximum atomic E-state index is 3.76. The highest BCUT2D eigenvalue weighted by Crippen LogP contribution is 1.99. The minimum absolute atomic E-state index is 0.993. The van der Waals surface area contributed by atoms with Crippen LogP contribution in [0.25, 0.3) is 0 Å². The summed E-state index contributed by atoms with van der Waals surface area (Å²) in [6, 6.07) is 0. The lowest BCUT2D eigenvalue weighted by atomic mass is 10.2. The molecule has 0 rings (SSSR count). The van der Waals surface area contributed by atoms with Gasteiger partial charge in [-0.15, -0.1) is 0 Å². The van der Waals surface area contributed by atoms with Crippen LogP contribution in [0.4, 0.5) is 0 Å². The van der Waals surface area contributed by atoms with Crippen molar-refractivity contribution in [3.8, 4) is 0 Å². The van der Waals surface area contributed by atoms with E-state index in [0.717, 1.165) is 5.70 Å². The van der Waals surface area contributed by atoms with Crippen molar-refractivity contribution in [2.45, 2.75) is 13.8 Å². The Morgan fingerprint density at radius 2 is 2.12 bits per heavy atom. The highest BCUT2D eigenvalue weighted by molar-refractivity contribution is 5.22. The molecular formula is C7H13N. The third kappa shape index (κ3) is 1.82. The summed E-state index contributed by atoms with van der Waals surface area (Å²) < 4.78 is 0. The fraction of sp³-hybridized carbons (Fsp3) is 0.429. The number of hydrogen-bond donors (Lipinski definition) is 1. The summed E-state index contributed by atoms with van der Waals surface area (Å²) in [5.74, 6) is 0. The van der Waals surface area contributed by atoms with Gasteiger partial charge in [0.25, 0.3) is 0 Å². The van der Waals surface area contributed by atoms with Gasteiger partial charge in [-0.05, 0) is 19.4 Å². The van der Waals surface area contributed by atoms with Gasteiger partial charge >= 0.3 is 0 Å². The van der Waals surface area contributed by atoms with E-state index in [2.05, 4.69) is 11.9 Å². The maximum absolute atomic E-state index is 3.76. The highest BCUT2D eigenvalue weighted by atomic mass is 14.8. The van der Waals surface area contributed by atoms with Gasteiger partial charge < -0.3 is 5.32 Å². The number of hydrogen-bond acceptors (Lipinski definition) is 1. The van der Waals surface area contributed by atoms with Gasteiger partial charge in [-0.25, -0.2) is 0 Å². The summed E-state index contributed by atoms with van der Waals surface area (Å²) in [6.07, 6.45) is 2.03. The zero-order valence-corrected chi connectivity index (χ0v) is 5.78. The molecule has 1 N–H and O–H groups in total. The van der Waals surface area contributed by atoms with Crippen molar-refractivity contribution in [3.05, 3.63) is 23.9 Å². The summed E-state index contributed by atoms with van der Waals surface area (Å²) >= 11 is 0. The largest absolute Gasteiger partial charge is 0.388 e. The molecule has 0 heterocycles. The molecule has 0 aromatic heterocycles. The Labute approximate surface area is 51.1 Å². The maximum Gasteiger partial charge on any atom is 0.0290 e. The standard InChI is InChI=1S/C7H13N/c1-5-6(2)7(3)8-4/h5,8H,3H2,1-2,4H3. The second-order valence-corrected chi connectivity index (χ2v) is 1.70. The summed E-state index contributed by atoms with van der Waals surface area (Å²) in [6.45, 7) is 7.79. The van der Waals surface area contributed by atoms with E-state index in [9.17, 15) is 0 Å². The SMILES string of the molecule is C=C(NC)C(C)=CC. The average Bonchev–Trinajstić information content (AvgIpc) is 1.84. The molecule has 0 aromatic rings. The summed E-state index contributed by atoms with van der Waals surface area (Å²) in [5.41, 5.74) is 2.19. The molecule has 0 saturated carbocycles. The Morgan fingerprint density at radius 1 is 1.62 bits per heavy atom.